The molecular weight excluding hydrogens is 504 g/mol. The van der Waals surface area contributed by atoms with Crippen LogP contribution in [0.1, 0.15) is 18.7 Å². The van der Waals surface area contributed by atoms with E-state index in [0.717, 1.165) is 12.1 Å². The highest BCUT2D eigenvalue weighted by Gasteiger charge is 2.38. The zero-order chi connectivity index (χ0) is 26.3. The van der Waals surface area contributed by atoms with Gasteiger partial charge in [0.15, 0.2) is 0 Å². The van der Waals surface area contributed by atoms with Crippen molar-refractivity contribution in [1.29, 1.82) is 0 Å². The van der Waals surface area contributed by atoms with Gasteiger partial charge in [-0.3, -0.25) is 4.79 Å². The summed E-state index contributed by atoms with van der Waals surface area (Å²) >= 11 is 0. The number of nitrogens with zero attached hydrogens (tertiary/aromatic N) is 3. The lowest BCUT2D eigenvalue weighted by Gasteiger charge is -2.33. The number of carboxylic acid groups (broad SMARTS) is 1. The Morgan fingerprint density at radius 3 is 2.22 bits per heavy atom. The fourth-order valence-corrected chi connectivity index (χ4v) is 4.61. The molecule has 13 heteroatoms. The van der Waals surface area contributed by atoms with Gasteiger partial charge < -0.3 is 10.0 Å². The van der Waals surface area contributed by atoms with Crippen molar-refractivity contribution in [2.24, 2.45) is 11.1 Å². The maximum Gasteiger partial charge on any atom is 0.451 e. The molecule has 1 saturated heterocycles. The average Bonchev–Trinajstić information content (AvgIpc) is 2.83. The molecule has 3 aromatic rings. The van der Waals surface area contributed by atoms with Crippen molar-refractivity contribution in [3.8, 4) is 22.4 Å². The molecule has 1 fully saturated rings. The number of aromatic nitrogens is 2. The van der Waals surface area contributed by atoms with E-state index in [-0.39, 0.29) is 59.0 Å². The van der Waals surface area contributed by atoms with E-state index in [4.69, 9.17) is 5.14 Å². The minimum absolute atomic E-state index is 0.0777. The fourth-order valence-electron chi connectivity index (χ4n) is 4.05. The van der Waals surface area contributed by atoms with Gasteiger partial charge in [0.2, 0.25) is 15.8 Å². The van der Waals surface area contributed by atoms with Crippen LogP contribution in [-0.2, 0) is 21.0 Å². The molecule has 3 N–H and O–H groups in total. The largest absolute Gasteiger partial charge is 0.481 e. The van der Waals surface area contributed by atoms with Crippen molar-refractivity contribution in [3.63, 3.8) is 0 Å². The smallest absolute Gasteiger partial charge is 0.451 e. The van der Waals surface area contributed by atoms with Crippen LogP contribution in [0.4, 0.5) is 23.4 Å². The van der Waals surface area contributed by atoms with Crippen LogP contribution in [0.2, 0.25) is 0 Å². The number of aliphatic carboxylic acids is 1. The molecule has 0 radical (unpaired) electrons. The number of hydrogen-bond donors (Lipinski definition) is 2. The maximum absolute atomic E-state index is 13.8. The van der Waals surface area contributed by atoms with Gasteiger partial charge in [-0.2, -0.15) is 13.2 Å². The third-order valence-corrected chi connectivity index (χ3v) is 6.77. The van der Waals surface area contributed by atoms with Gasteiger partial charge in [-0.15, -0.1) is 0 Å². The van der Waals surface area contributed by atoms with Gasteiger partial charge in [-0.05, 0) is 54.8 Å². The molecule has 2 aromatic carbocycles. The lowest BCUT2D eigenvalue weighted by atomic mass is 9.95. The van der Waals surface area contributed by atoms with Crippen LogP contribution in [0, 0.1) is 11.7 Å². The van der Waals surface area contributed by atoms with Crippen LogP contribution < -0.4 is 10.0 Å². The van der Waals surface area contributed by atoms with Gasteiger partial charge >= 0.3 is 12.1 Å². The highest BCUT2D eigenvalue weighted by Crippen LogP contribution is 2.41. The first kappa shape index (κ1) is 25.5. The lowest BCUT2D eigenvalue weighted by Crippen LogP contribution is -2.37. The molecule has 0 atom stereocenters. The fraction of sp³-hybridized carbons (Fsp3) is 0.261. The Kier molecular flexibility index (Phi) is 6.71. The third kappa shape index (κ3) is 5.31. The second kappa shape index (κ2) is 9.47. The van der Waals surface area contributed by atoms with E-state index in [1.165, 1.54) is 41.3 Å². The van der Waals surface area contributed by atoms with E-state index in [0.29, 0.717) is 0 Å². The van der Waals surface area contributed by atoms with Crippen LogP contribution in [0.15, 0.2) is 53.4 Å². The average molecular weight is 524 g/mol. The number of rotatable bonds is 5. The summed E-state index contributed by atoms with van der Waals surface area (Å²) in [6.07, 6.45) is -4.59. The Labute approximate surface area is 203 Å². The first-order valence-electron chi connectivity index (χ1n) is 10.7. The molecule has 0 bridgehead atoms. The monoisotopic (exact) mass is 524 g/mol. The zero-order valence-electron chi connectivity index (χ0n) is 18.5. The van der Waals surface area contributed by atoms with E-state index in [1.807, 2.05) is 0 Å². The quantitative estimate of drug-likeness (QED) is 0.485. The van der Waals surface area contributed by atoms with Gasteiger partial charge in [0.25, 0.3) is 0 Å². The van der Waals surface area contributed by atoms with Gasteiger partial charge in [0, 0.05) is 18.7 Å². The summed E-state index contributed by atoms with van der Waals surface area (Å²) in [6.45, 7) is 0.187. The van der Waals surface area contributed by atoms with Crippen molar-refractivity contribution in [2.75, 3.05) is 18.0 Å². The van der Waals surface area contributed by atoms with Crippen LogP contribution in [0.25, 0.3) is 22.4 Å². The summed E-state index contributed by atoms with van der Waals surface area (Å²) in [5, 5.41) is 14.6. The van der Waals surface area contributed by atoms with Gasteiger partial charge in [0.05, 0.1) is 22.1 Å². The van der Waals surface area contributed by atoms with Crippen LogP contribution in [-0.4, -0.2) is 42.6 Å². The van der Waals surface area contributed by atoms with E-state index >= 15 is 0 Å². The van der Waals surface area contributed by atoms with Crippen molar-refractivity contribution in [1.82, 2.24) is 9.97 Å². The molecule has 36 heavy (non-hydrogen) atoms. The molecular formula is C23H20F4N4O4S. The SMILES string of the molecule is NS(=O)(=O)c1cccc(-c2c(-c3ccc(F)cc3)nc(C(F)(F)F)nc2N2CCC(C(=O)O)CC2)c1. The van der Waals surface area contributed by atoms with Crippen molar-refractivity contribution in [3.05, 3.63) is 60.2 Å². The maximum atomic E-state index is 13.8. The second-order valence-corrected chi connectivity index (χ2v) is 9.83. The number of piperidine rings is 1. The molecule has 1 aliphatic rings. The van der Waals surface area contributed by atoms with E-state index in [1.54, 1.807) is 0 Å². The van der Waals surface area contributed by atoms with E-state index in [9.17, 15) is 35.9 Å². The standard InChI is InChI=1S/C23H20F4N4O4S/c24-16-6-4-13(5-7-16)19-18(15-2-1-3-17(12-15)36(28,34)35)20(30-22(29-19)23(25,26)27)31-10-8-14(9-11-31)21(32)33/h1-7,12,14H,8-11H2,(H,32,33)(H2,28,34,35). The molecule has 0 unspecified atom stereocenters. The van der Waals surface area contributed by atoms with Crippen molar-refractivity contribution in [2.45, 2.75) is 23.9 Å². The summed E-state index contributed by atoms with van der Waals surface area (Å²) in [5.41, 5.74) is 0.194. The number of carbonyl (C=O) groups is 1. The summed E-state index contributed by atoms with van der Waals surface area (Å²) < 4.78 is 79.1. The molecule has 0 aliphatic carbocycles. The first-order valence-corrected chi connectivity index (χ1v) is 12.3. The molecule has 190 valence electrons. The zero-order valence-corrected chi connectivity index (χ0v) is 19.4. The minimum Gasteiger partial charge on any atom is -0.481 e. The molecule has 0 amide bonds. The minimum atomic E-state index is -4.93. The Morgan fingerprint density at radius 1 is 1.03 bits per heavy atom. The molecule has 4 rings (SSSR count). The Balaban J connectivity index is 2.00. The summed E-state index contributed by atoms with van der Waals surface area (Å²) in [4.78, 5) is 20.2. The molecule has 0 spiro atoms. The Morgan fingerprint density at radius 2 is 1.67 bits per heavy atom. The number of hydrogen-bond acceptors (Lipinski definition) is 6. The number of nitrogens with two attached hydrogens (primary N) is 1. The van der Waals surface area contributed by atoms with Gasteiger partial charge in [-0.25, -0.2) is 27.9 Å². The number of alkyl halides is 3. The summed E-state index contributed by atoms with van der Waals surface area (Å²) in [7, 11) is -4.15. The number of primary sulfonamides is 1. The van der Waals surface area contributed by atoms with Crippen LogP contribution in [0.5, 0.6) is 0 Å². The molecule has 1 aromatic heterocycles. The van der Waals surface area contributed by atoms with E-state index < -0.39 is 39.7 Å². The molecule has 2 heterocycles. The van der Waals surface area contributed by atoms with Crippen LogP contribution in [0.3, 0.4) is 0 Å². The second-order valence-electron chi connectivity index (χ2n) is 8.27. The number of carboxylic acids is 1. The normalized spacial score (nSPS) is 15.2. The summed E-state index contributed by atoms with van der Waals surface area (Å²) in [6, 6.07) is 9.92. The van der Waals surface area contributed by atoms with Gasteiger partial charge in [0.1, 0.15) is 11.6 Å². The predicted molar refractivity (Wildman–Crippen MR) is 122 cm³/mol. The van der Waals surface area contributed by atoms with Crippen molar-refractivity contribution >= 4 is 21.8 Å². The topological polar surface area (TPSA) is 126 Å². The number of anilines is 1. The number of benzene rings is 2. The molecule has 1 aliphatic heterocycles. The predicted octanol–water partition coefficient (Wildman–Crippen LogP) is 3.92. The molecule has 0 saturated carbocycles. The highest BCUT2D eigenvalue weighted by molar-refractivity contribution is 7.89. The lowest BCUT2D eigenvalue weighted by molar-refractivity contribution is -0.144. The van der Waals surface area contributed by atoms with Crippen LogP contribution >= 0.6 is 0 Å². The summed E-state index contributed by atoms with van der Waals surface area (Å²) in [5.74, 6) is -3.86. The Bertz CT molecular complexity index is 1400. The molecule has 8 nitrogen and oxygen atoms in total. The van der Waals surface area contributed by atoms with Crippen molar-refractivity contribution < 1.29 is 35.9 Å². The Hall–Kier alpha value is -3.58. The number of halogens is 4. The third-order valence-electron chi connectivity index (χ3n) is 5.86. The highest BCUT2D eigenvalue weighted by atomic mass is 32.2. The first-order chi connectivity index (χ1) is 16.8. The number of sulfonamides is 1. The van der Waals surface area contributed by atoms with E-state index in [2.05, 4.69) is 9.97 Å². The van der Waals surface area contributed by atoms with Gasteiger partial charge in [-0.1, -0.05) is 12.1 Å².